The van der Waals surface area contributed by atoms with Crippen molar-refractivity contribution in [3.05, 3.63) is 15.3 Å². The van der Waals surface area contributed by atoms with Crippen molar-refractivity contribution in [2.45, 2.75) is 13.3 Å². The summed E-state index contributed by atoms with van der Waals surface area (Å²) in [5, 5.41) is 0. The van der Waals surface area contributed by atoms with Crippen molar-refractivity contribution < 1.29 is 32.2 Å². The van der Waals surface area contributed by atoms with Gasteiger partial charge in [-0.2, -0.15) is 0 Å². The van der Waals surface area contributed by atoms with Gasteiger partial charge in [0.15, 0.2) is 5.69 Å². The Morgan fingerprint density at radius 2 is 2.11 bits per heavy atom. The van der Waals surface area contributed by atoms with Crippen LogP contribution < -0.4 is 9.47 Å². The number of carbonyl (C=O) groups is 1. The van der Waals surface area contributed by atoms with E-state index in [1.165, 1.54) is 0 Å². The monoisotopic (exact) mass is 391 g/mol. The first-order chi connectivity index (χ1) is 8.78. The average molecular weight is 391 g/mol. The van der Waals surface area contributed by atoms with Crippen LogP contribution in [-0.2, 0) is 4.74 Å². The average Bonchev–Trinajstić information content (AvgIpc) is 2.30. The van der Waals surface area contributed by atoms with Gasteiger partial charge in [0.05, 0.1) is 17.3 Å². The summed E-state index contributed by atoms with van der Waals surface area (Å²) >= 11 is 1.58. The second-order valence-electron chi connectivity index (χ2n) is 3.10. The van der Waals surface area contributed by atoms with Gasteiger partial charge in [-0.05, 0) is 35.6 Å². The first kappa shape index (κ1) is 15.8. The molecule has 0 spiro atoms. The summed E-state index contributed by atoms with van der Waals surface area (Å²) in [6.07, 6.45) is -4.87. The second-order valence-corrected chi connectivity index (χ2v) is 4.26. The van der Waals surface area contributed by atoms with Crippen LogP contribution in [0.15, 0.2) is 6.07 Å². The topological polar surface area (TPSA) is 57.7 Å². The minimum atomic E-state index is -4.87. The molecule has 19 heavy (non-hydrogen) atoms. The molecule has 0 fully saturated rings. The molecule has 5 nitrogen and oxygen atoms in total. The molecule has 0 aliphatic rings. The fourth-order valence-corrected chi connectivity index (χ4v) is 1.77. The van der Waals surface area contributed by atoms with E-state index in [2.05, 4.69) is 9.72 Å². The first-order valence-corrected chi connectivity index (χ1v) is 6.03. The van der Waals surface area contributed by atoms with Crippen LogP contribution in [0.1, 0.15) is 17.4 Å². The standard InChI is InChI=1S/C10H9F3INO4/c1-3-18-9(16)6-4-5(14)7(8(15-6)17-2)19-10(11,12)13/h4H,3H2,1-2H3. The largest absolute Gasteiger partial charge is 0.573 e. The molecule has 0 amide bonds. The van der Waals surface area contributed by atoms with Crippen molar-refractivity contribution in [3.8, 4) is 11.6 Å². The van der Waals surface area contributed by atoms with Crippen molar-refractivity contribution in [1.29, 1.82) is 0 Å². The van der Waals surface area contributed by atoms with Crippen LogP contribution >= 0.6 is 22.6 Å². The summed E-state index contributed by atoms with van der Waals surface area (Å²) in [4.78, 5) is 15.1. The molecule has 1 rings (SSSR count). The van der Waals surface area contributed by atoms with E-state index in [1.54, 1.807) is 29.5 Å². The Balaban J connectivity index is 3.18. The molecular formula is C10H9F3INO4. The highest BCUT2D eigenvalue weighted by Gasteiger charge is 2.34. The molecule has 1 aromatic heterocycles. The zero-order chi connectivity index (χ0) is 14.6. The van der Waals surface area contributed by atoms with Crippen LogP contribution in [0, 0.1) is 3.57 Å². The van der Waals surface area contributed by atoms with E-state index in [4.69, 9.17) is 9.47 Å². The van der Waals surface area contributed by atoms with Gasteiger partial charge in [0, 0.05) is 0 Å². The second kappa shape index (κ2) is 6.26. The molecule has 0 saturated heterocycles. The molecule has 9 heteroatoms. The Labute approximate surface area is 120 Å². The van der Waals surface area contributed by atoms with Gasteiger partial charge in [-0.3, -0.25) is 0 Å². The number of alkyl halides is 3. The summed E-state index contributed by atoms with van der Waals surface area (Å²) in [5.74, 6) is -1.78. The smallest absolute Gasteiger partial charge is 0.478 e. The minimum absolute atomic E-state index is 0.0322. The Hall–Kier alpha value is -1.26. The highest BCUT2D eigenvalue weighted by Crippen LogP contribution is 2.35. The van der Waals surface area contributed by atoms with Gasteiger partial charge in [-0.1, -0.05) is 0 Å². The van der Waals surface area contributed by atoms with E-state index in [0.29, 0.717) is 0 Å². The minimum Gasteiger partial charge on any atom is -0.478 e. The van der Waals surface area contributed by atoms with Gasteiger partial charge < -0.3 is 14.2 Å². The third-order valence-electron chi connectivity index (χ3n) is 1.79. The third kappa shape index (κ3) is 4.40. The maximum atomic E-state index is 12.2. The number of hydrogen-bond donors (Lipinski definition) is 0. The highest BCUT2D eigenvalue weighted by molar-refractivity contribution is 14.1. The van der Waals surface area contributed by atoms with E-state index in [9.17, 15) is 18.0 Å². The number of nitrogens with zero attached hydrogens (tertiary/aromatic N) is 1. The summed E-state index contributed by atoms with van der Waals surface area (Å²) in [6, 6.07) is 1.13. The van der Waals surface area contributed by atoms with Crippen LogP contribution in [0.25, 0.3) is 0 Å². The molecule has 0 unspecified atom stereocenters. The fourth-order valence-electron chi connectivity index (χ4n) is 1.14. The highest BCUT2D eigenvalue weighted by atomic mass is 127. The van der Waals surface area contributed by atoms with Crippen LogP contribution in [-0.4, -0.2) is 31.0 Å². The normalized spacial score (nSPS) is 11.1. The lowest BCUT2D eigenvalue weighted by Gasteiger charge is -2.14. The SMILES string of the molecule is CCOC(=O)c1cc(I)c(OC(F)(F)F)c(OC)n1. The zero-order valence-electron chi connectivity index (χ0n) is 9.88. The summed E-state index contributed by atoms with van der Waals surface area (Å²) in [6.45, 7) is 1.72. The van der Waals surface area contributed by atoms with Gasteiger partial charge in [0.25, 0.3) is 5.88 Å². The molecule has 106 valence electrons. The molecule has 0 aliphatic heterocycles. The number of halogens is 4. The number of methoxy groups -OCH3 is 1. The summed E-state index contributed by atoms with van der Waals surface area (Å²) < 4.78 is 49.9. The van der Waals surface area contributed by atoms with Gasteiger partial charge in [0.1, 0.15) is 0 Å². The fraction of sp³-hybridized carbons (Fsp3) is 0.400. The molecule has 0 aliphatic carbocycles. The maximum Gasteiger partial charge on any atom is 0.573 e. The lowest BCUT2D eigenvalue weighted by molar-refractivity contribution is -0.275. The van der Waals surface area contributed by atoms with Crippen LogP contribution in [0.5, 0.6) is 11.6 Å². The van der Waals surface area contributed by atoms with Crippen LogP contribution in [0.4, 0.5) is 13.2 Å². The lowest BCUT2D eigenvalue weighted by atomic mass is 10.3. The quantitative estimate of drug-likeness (QED) is 0.584. The van der Waals surface area contributed by atoms with Crippen LogP contribution in [0.3, 0.4) is 0 Å². The van der Waals surface area contributed by atoms with E-state index in [1.807, 2.05) is 0 Å². The zero-order valence-corrected chi connectivity index (χ0v) is 12.0. The number of carbonyl (C=O) groups excluding carboxylic acids is 1. The molecule has 1 aromatic rings. The number of hydrogen-bond acceptors (Lipinski definition) is 5. The number of rotatable bonds is 4. The Bertz CT molecular complexity index is 479. The first-order valence-electron chi connectivity index (χ1n) is 4.96. The molecule has 0 atom stereocenters. The summed E-state index contributed by atoms with van der Waals surface area (Å²) in [7, 11) is 1.12. The Morgan fingerprint density at radius 3 is 2.58 bits per heavy atom. The third-order valence-corrected chi connectivity index (χ3v) is 2.59. The predicted octanol–water partition coefficient (Wildman–Crippen LogP) is 2.77. The van der Waals surface area contributed by atoms with Crippen molar-refractivity contribution >= 4 is 28.6 Å². The van der Waals surface area contributed by atoms with E-state index in [0.717, 1.165) is 13.2 Å². The van der Waals surface area contributed by atoms with Crippen molar-refractivity contribution in [2.24, 2.45) is 0 Å². The van der Waals surface area contributed by atoms with Crippen molar-refractivity contribution in [3.63, 3.8) is 0 Å². The number of aromatic nitrogens is 1. The van der Waals surface area contributed by atoms with E-state index >= 15 is 0 Å². The van der Waals surface area contributed by atoms with Gasteiger partial charge >= 0.3 is 12.3 Å². The number of esters is 1. The molecule has 0 N–H and O–H groups in total. The van der Waals surface area contributed by atoms with Gasteiger partial charge in [0.2, 0.25) is 5.75 Å². The van der Waals surface area contributed by atoms with Crippen molar-refractivity contribution in [2.75, 3.05) is 13.7 Å². The molecule has 0 saturated carbocycles. The number of pyridine rings is 1. The number of ether oxygens (including phenoxy) is 3. The summed E-state index contributed by atoms with van der Waals surface area (Å²) in [5.41, 5.74) is -0.155. The van der Waals surface area contributed by atoms with Gasteiger partial charge in [-0.15, -0.1) is 13.2 Å². The van der Waals surface area contributed by atoms with Crippen molar-refractivity contribution in [1.82, 2.24) is 4.98 Å². The maximum absolute atomic E-state index is 12.2. The molecule has 0 radical (unpaired) electrons. The lowest BCUT2D eigenvalue weighted by Crippen LogP contribution is -2.19. The molecule has 0 bridgehead atoms. The predicted molar refractivity (Wildman–Crippen MR) is 66.1 cm³/mol. The Kier molecular flexibility index (Phi) is 5.20. The Morgan fingerprint density at radius 1 is 1.47 bits per heavy atom. The van der Waals surface area contributed by atoms with Crippen LogP contribution in [0.2, 0.25) is 0 Å². The van der Waals surface area contributed by atoms with E-state index in [-0.39, 0.29) is 15.9 Å². The van der Waals surface area contributed by atoms with Gasteiger partial charge in [-0.25, -0.2) is 9.78 Å². The molecular weight excluding hydrogens is 382 g/mol. The molecule has 0 aromatic carbocycles. The molecule has 1 heterocycles. The van der Waals surface area contributed by atoms with E-state index < -0.39 is 24.0 Å².